The van der Waals surface area contributed by atoms with Gasteiger partial charge in [-0.1, -0.05) is 24.3 Å². The third kappa shape index (κ3) is 7.63. The fourth-order valence-electron chi connectivity index (χ4n) is 2.55. The van der Waals surface area contributed by atoms with Crippen LogP contribution in [0.15, 0.2) is 41.4 Å². The molecule has 144 valence electrons. The Morgan fingerprint density at radius 1 is 1.12 bits per heavy atom. The maximum atomic E-state index is 11.9. The molecule has 1 aliphatic rings. The molecule has 0 bridgehead atoms. The zero-order valence-electron chi connectivity index (χ0n) is 16.0. The third-order valence-electron chi connectivity index (χ3n) is 3.73. The van der Waals surface area contributed by atoms with E-state index < -0.39 is 0 Å². The molecule has 0 aromatic heterocycles. The van der Waals surface area contributed by atoms with E-state index in [4.69, 9.17) is 0 Å². The van der Waals surface area contributed by atoms with Crippen molar-refractivity contribution < 1.29 is 4.79 Å². The number of halogens is 1. The van der Waals surface area contributed by atoms with Crippen molar-refractivity contribution in [3.05, 3.63) is 42.0 Å². The van der Waals surface area contributed by atoms with Gasteiger partial charge in [-0.2, -0.15) is 0 Å². The van der Waals surface area contributed by atoms with Crippen molar-refractivity contribution >= 4 is 41.5 Å². The van der Waals surface area contributed by atoms with Crippen LogP contribution in [0.3, 0.4) is 0 Å². The largest absolute Gasteiger partial charge is 0.364 e. The lowest BCUT2D eigenvalue weighted by Gasteiger charge is -2.21. The number of nitrogens with zero attached hydrogens (tertiary/aromatic N) is 2. The number of hydrogen-bond donors (Lipinski definition) is 3. The van der Waals surface area contributed by atoms with Gasteiger partial charge < -0.3 is 20.9 Å². The average Bonchev–Trinajstić information content (AvgIpc) is 3.08. The lowest BCUT2D eigenvalue weighted by Crippen LogP contribution is -2.48. The summed E-state index contributed by atoms with van der Waals surface area (Å²) >= 11 is 0. The average molecular weight is 471 g/mol. The zero-order valence-corrected chi connectivity index (χ0v) is 18.3. The molecule has 7 heteroatoms. The maximum absolute atomic E-state index is 11.9. The minimum atomic E-state index is -0.234. The Morgan fingerprint density at radius 3 is 2.27 bits per heavy atom. The van der Waals surface area contributed by atoms with Crippen LogP contribution in [0.4, 0.5) is 5.69 Å². The van der Waals surface area contributed by atoms with E-state index in [0.717, 1.165) is 18.7 Å². The molecule has 1 aliphatic heterocycles. The molecule has 0 spiro atoms. The Balaban J connectivity index is 0.00000338. The molecule has 1 heterocycles. The number of carbonyl (C=O) groups is 1. The van der Waals surface area contributed by atoms with Crippen LogP contribution in [0.25, 0.3) is 0 Å². The van der Waals surface area contributed by atoms with E-state index in [1.54, 1.807) is 7.05 Å². The predicted octanol–water partition coefficient (Wildman–Crippen LogP) is 2.26. The van der Waals surface area contributed by atoms with E-state index in [2.05, 4.69) is 62.3 Å². The van der Waals surface area contributed by atoms with Crippen molar-refractivity contribution in [3.63, 3.8) is 0 Å². The quantitative estimate of drug-likeness (QED) is 0.267. The van der Waals surface area contributed by atoms with Crippen LogP contribution in [0.1, 0.15) is 26.3 Å². The fraction of sp³-hybridized carbons (Fsp3) is 0.474. The van der Waals surface area contributed by atoms with Crippen LogP contribution in [0, 0.1) is 0 Å². The van der Waals surface area contributed by atoms with Gasteiger partial charge in [0.15, 0.2) is 5.96 Å². The lowest BCUT2D eigenvalue weighted by atomic mass is 10.1. The summed E-state index contributed by atoms with van der Waals surface area (Å²) in [6, 6.07) is 8.49. The van der Waals surface area contributed by atoms with Crippen molar-refractivity contribution in [2.45, 2.75) is 32.9 Å². The molecule has 1 amide bonds. The first-order chi connectivity index (χ1) is 11.9. The molecule has 0 unspecified atom stereocenters. The molecule has 0 fully saturated rings. The van der Waals surface area contributed by atoms with Crippen LogP contribution in [0.2, 0.25) is 0 Å². The van der Waals surface area contributed by atoms with Gasteiger partial charge in [-0.25, -0.2) is 0 Å². The summed E-state index contributed by atoms with van der Waals surface area (Å²) in [6.45, 7) is 8.67. The normalized spacial score (nSPS) is 14.0. The second kappa shape index (κ2) is 10.4. The van der Waals surface area contributed by atoms with Gasteiger partial charge in [0.25, 0.3) is 0 Å². The van der Waals surface area contributed by atoms with Crippen LogP contribution >= 0.6 is 24.0 Å². The number of benzene rings is 1. The van der Waals surface area contributed by atoms with Gasteiger partial charge in [0, 0.05) is 37.9 Å². The number of guanidine groups is 1. The lowest BCUT2D eigenvalue weighted by molar-refractivity contribution is -0.121. The molecule has 6 nitrogen and oxygen atoms in total. The predicted molar refractivity (Wildman–Crippen MR) is 119 cm³/mol. The molecule has 26 heavy (non-hydrogen) atoms. The summed E-state index contributed by atoms with van der Waals surface area (Å²) in [6.07, 6.45) is 4.36. The third-order valence-corrected chi connectivity index (χ3v) is 3.73. The van der Waals surface area contributed by atoms with Crippen molar-refractivity contribution in [1.29, 1.82) is 0 Å². The number of rotatable bonds is 5. The second-order valence-corrected chi connectivity index (χ2v) is 7.12. The molecule has 2 rings (SSSR count). The maximum Gasteiger partial charge on any atom is 0.239 e. The van der Waals surface area contributed by atoms with E-state index in [1.807, 2.05) is 20.8 Å². The Hall–Kier alpha value is -1.77. The van der Waals surface area contributed by atoms with Crippen LogP contribution < -0.4 is 20.9 Å². The Bertz CT molecular complexity index is 626. The SMILES string of the molecule is CN=C(NCC(=O)NC(C)(C)C)NCc1ccc(N2CC=CC2)cc1.I. The summed E-state index contributed by atoms with van der Waals surface area (Å²) < 4.78 is 0. The van der Waals surface area contributed by atoms with E-state index >= 15 is 0 Å². The summed E-state index contributed by atoms with van der Waals surface area (Å²) in [5.74, 6) is 0.552. The fourth-order valence-corrected chi connectivity index (χ4v) is 2.55. The number of amides is 1. The number of aliphatic imine (C=N–C) groups is 1. The van der Waals surface area contributed by atoms with Gasteiger partial charge in [0.05, 0.1) is 6.54 Å². The van der Waals surface area contributed by atoms with Gasteiger partial charge in [0.2, 0.25) is 5.91 Å². The van der Waals surface area contributed by atoms with E-state index in [1.165, 1.54) is 5.69 Å². The van der Waals surface area contributed by atoms with Gasteiger partial charge in [-0.05, 0) is 38.5 Å². The van der Waals surface area contributed by atoms with Gasteiger partial charge >= 0.3 is 0 Å². The summed E-state index contributed by atoms with van der Waals surface area (Å²) in [5, 5.41) is 9.17. The summed E-state index contributed by atoms with van der Waals surface area (Å²) in [4.78, 5) is 18.3. The zero-order chi connectivity index (χ0) is 18.3. The van der Waals surface area contributed by atoms with Crippen molar-refractivity contribution in [1.82, 2.24) is 16.0 Å². The Labute approximate surface area is 173 Å². The number of nitrogens with one attached hydrogen (secondary N) is 3. The minimum absolute atomic E-state index is 0. The molecular weight excluding hydrogens is 441 g/mol. The molecule has 1 aromatic rings. The van der Waals surface area contributed by atoms with E-state index in [-0.39, 0.29) is 42.0 Å². The topological polar surface area (TPSA) is 68.8 Å². The molecule has 1 aromatic carbocycles. The highest BCUT2D eigenvalue weighted by atomic mass is 127. The van der Waals surface area contributed by atoms with Crippen molar-refractivity contribution in [2.24, 2.45) is 4.99 Å². The highest BCUT2D eigenvalue weighted by Crippen LogP contribution is 2.17. The van der Waals surface area contributed by atoms with Gasteiger partial charge in [0.1, 0.15) is 0 Å². The Morgan fingerprint density at radius 2 is 1.73 bits per heavy atom. The van der Waals surface area contributed by atoms with E-state index in [0.29, 0.717) is 12.5 Å². The standard InChI is InChI=1S/C19H29N5O.HI/c1-19(2,3)23-17(25)14-22-18(20-4)21-13-15-7-9-16(10-8-15)24-11-5-6-12-24;/h5-10H,11-14H2,1-4H3,(H,23,25)(H2,20,21,22);1H. The highest BCUT2D eigenvalue weighted by molar-refractivity contribution is 14.0. The summed E-state index contributed by atoms with van der Waals surface area (Å²) in [5.41, 5.74) is 2.16. The van der Waals surface area contributed by atoms with Gasteiger partial charge in [-0.3, -0.25) is 9.79 Å². The van der Waals surface area contributed by atoms with Gasteiger partial charge in [-0.15, -0.1) is 24.0 Å². The first-order valence-corrected chi connectivity index (χ1v) is 8.62. The smallest absolute Gasteiger partial charge is 0.239 e. The monoisotopic (exact) mass is 471 g/mol. The summed E-state index contributed by atoms with van der Waals surface area (Å²) in [7, 11) is 1.69. The molecule has 0 atom stereocenters. The van der Waals surface area contributed by atoms with Crippen molar-refractivity contribution in [2.75, 3.05) is 31.6 Å². The molecule has 0 aliphatic carbocycles. The van der Waals surface area contributed by atoms with Crippen LogP contribution in [-0.2, 0) is 11.3 Å². The molecule has 0 saturated carbocycles. The second-order valence-electron chi connectivity index (χ2n) is 7.12. The molecule has 0 radical (unpaired) electrons. The first kappa shape index (κ1) is 22.3. The van der Waals surface area contributed by atoms with E-state index in [9.17, 15) is 4.79 Å². The minimum Gasteiger partial charge on any atom is -0.364 e. The number of carbonyl (C=O) groups excluding carboxylic acids is 1. The van der Waals surface area contributed by atoms with Crippen LogP contribution in [-0.4, -0.2) is 44.1 Å². The molecule has 3 N–H and O–H groups in total. The number of hydrogen-bond acceptors (Lipinski definition) is 3. The highest BCUT2D eigenvalue weighted by Gasteiger charge is 2.13. The van der Waals surface area contributed by atoms with Crippen LogP contribution in [0.5, 0.6) is 0 Å². The molecular formula is C19H30IN5O. The molecule has 0 saturated heterocycles. The first-order valence-electron chi connectivity index (χ1n) is 8.62. The van der Waals surface area contributed by atoms with Crippen molar-refractivity contribution in [3.8, 4) is 0 Å². The Kier molecular flexibility index (Phi) is 8.91. The number of anilines is 1.